The summed E-state index contributed by atoms with van der Waals surface area (Å²) in [5.74, 6) is 0.0873. The molecule has 1 fully saturated rings. The van der Waals surface area contributed by atoms with Crippen molar-refractivity contribution in [3.8, 4) is 5.69 Å². The number of para-hydroxylation sites is 1. The van der Waals surface area contributed by atoms with Crippen LogP contribution in [0.5, 0.6) is 0 Å². The molecule has 0 bridgehead atoms. The van der Waals surface area contributed by atoms with Gasteiger partial charge in [-0.1, -0.05) is 44.4 Å². The van der Waals surface area contributed by atoms with Crippen molar-refractivity contribution < 1.29 is 9.90 Å². The van der Waals surface area contributed by atoms with Crippen LogP contribution in [0.1, 0.15) is 51.0 Å². The van der Waals surface area contributed by atoms with Gasteiger partial charge in [0.05, 0.1) is 11.8 Å². The Hall–Kier alpha value is -1.94. The van der Waals surface area contributed by atoms with Crippen molar-refractivity contribution in [2.75, 3.05) is 0 Å². The predicted molar refractivity (Wildman–Crippen MR) is 98.6 cm³/mol. The second-order valence-corrected chi connectivity index (χ2v) is 7.10. The summed E-state index contributed by atoms with van der Waals surface area (Å²) in [7, 11) is 0. The summed E-state index contributed by atoms with van der Waals surface area (Å²) in [6, 6.07) is 9.92. The first kappa shape index (κ1) is 17.9. The first-order valence-corrected chi connectivity index (χ1v) is 9.49. The largest absolute Gasteiger partial charge is 0.392 e. The molecule has 1 saturated carbocycles. The normalized spacial score (nSPS) is 18.0. The molecule has 3 rings (SSSR count). The van der Waals surface area contributed by atoms with Crippen LogP contribution in [0.15, 0.2) is 42.7 Å². The summed E-state index contributed by atoms with van der Waals surface area (Å²) in [5, 5.41) is 15.3. The zero-order valence-corrected chi connectivity index (χ0v) is 15.0. The minimum atomic E-state index is -0.543. The number of carbonyl (C=O) groups excluding carboxylic acids is 1. The van der Waals surface area contributed by atoms with Gasteiger partial charge in [-0.3, -0.25) is 4.79 Å². The fourth-order valence-corrected chi connectivity index (χ4v) is 4.05. The molecule has 0 amide bonds. The number of Topliss-reactive ketones (excluding diaryl/α,β-unsaturated/α-hetero) is 1. The Labute approximate surface area is 149 Å². The van der Waals surface area contributed by atoms with E-state index < -0.39 is 6.10 Å². The van der Waals surface area contributed by atoms with Crippen LogP contribution in [0, 0.1) is 11.8 Å². The molecule has 4 heteroatoms. The van der Waals surface area contributed by atoms with Gasteiger partial charge in [-0.25, -0.2) is 4.68 Å². The average Bonchev–Trinajstić information content (AvgIpc) is 3.20. The minimum Gasteiger partial charge on any atom is -0.392 e. The number of aliphatic hydroxyl groups is 1. The van der Waals surface area contributed by atoms with E-state index in [4.69, 9.17) is 0 Å². The first-order chi connectivity index (χ1) is 12.2. The maximum atomic E-state index is 12.6. The van der Waals surface area contributed by atoms with Gasteiger partial charge in [0.25, 0.3) is 0 Å². The van der Waals surface area contributed by atoms with Gasteiger partial charge in [0.2, 0.25) is 0 Å². The molecule has 25 heavy (non-hydrogen) atoms. The average molecular weight is 340 g/mol. The lowest BCUT2D eigenvalue weighted by Crippen LogP contribution is -2.37. The van der Waals surface area contributed by atoms with Crippen molar-refractivity contribution in [1.82, 2.24) is 9.78 Å². The van der Waals surface area contributed by atoms with Crippen molar-refractivity contribution in [2.24, 2.45) is 11.8 Å². The molecular formula is C21H28N2O2. The van der Waals surface area contributed by atoms with E-state index in [-0.39, 0.29) is 17.6 Å². The van der Waals surface area contributed by atoms with E-state index in [9.17, 15) is 9.90 Å². The lowest BCUT2D eigenvalue weighted by Gasteiger charge is -2.32. The summed E-state index contributed by atoms with van der Waals surface area (Å²) < 4.78 is 1.83. The van der Waals surface area contributed by atoms with Gasteiger partial charge in [-0.2, -0.15) is 5.10 Å². The molecule has 1 aliphatic carbocycles. The Morgan fingerprint density at radius 2 is 2.00 bits per heavy atom. The Kier molecular flexibility index (Phi) is 6.03. The van der Waals surface area contributed by atoms with Crippen molar-refractivity contribution in [1.29, 1.82) is 0 Å². The summed E-state index contributed by atoms with van der Waals surface area (Å²) in [6.45, 7) is 1.89. The topological polar surface area (TPSA) is 55.1 Å². The van der Waals surface area contributed by atoms with Gasteiger partial charge >= 0.3 is 0 Å². The minimum absolute atomic E-state index is 0.161. The van der Waals surface area contributed by atoms with Crippen LogP contribution < -0.4 is 0 Å². The highest BCUT2D eigenvalue weighted by atomic mass is 16.3. The number of aliphatic hydroxyl groups excluding tert-OH is 1. The molecule has 2 atom stereocenters. The maximum absolute atomic E-state index is 12.6. The van der Waals surface area contributed by atoms with Crippen LogP contribution in [0.4, 0.5) is 0 Å². The lowest BCUT2D eigenvalue weighted by molar-refractivity contribution is -0.127. The number of carbonyl (C=O) groups is 1. The van der Waals surface area contributed by atoms with Gasteiger partial charge in [0.1, 0.15) is 5.78 Å². The van der Waals surface area contributed by atoms with Crippen LogP contribution in [0.2, 0.25) is 0 Å². The molecular weight excluding hydrogens is 312 g/mol. The van der Waals surface area contributed by atoms with Gasteiger partial charge in [-0.05, 0) is 42.9 Å². The summed E-state index contributed by atoms with van der Waals surface area (Å²) >= 11 is 0. The van der Waals surface area contributed by atoms with E-state index in [1.807, 2.05) is 48.1 Å². The van der Waals surface area contributed by atoms with Crippen LogP contribution in [-0.2, 0) is 11.2 Å². The Morgan fingerprint density at radius 1 is 1.24 bits per heavy atom. The third-order valence-corrected chi connectivity index (χ3v) is 5.49. The molecule has 0 radical (unpaired) electrons. The zero-order chi connectivity index (χ0) is 17.6. The number of hydrogen-bond acceptors (Lipinski definition) is 3. The van der Waals surface area contributed by atoms with E-state index in [1.54, 1.807) is 6.20 Å². The monoisotopic (exact) mass is 340 g/mol. The van der Waals surface area contributed by atoms with Crippen molar-refractivity contribution in [3.63, 3.8) is 0 Å². The molecule has 0 spiro atoms. The van der Waals surface area contributed by atoms with Gasteiger partial charge in [0.15, 0.2) is 0 Å². The molecule has 1 aliphatic rings. The van der Waals surface area contributed by atoms with Crippen LogP contribution in [0.25, 0.3) is 5.69 Å². The highest BCUT2D eigenvalue weighted by molar-refractivity contribution is 5.81. The number of aromatic nitrogens is 2. The van der Waals surface area contributed by atoms with E-state index in [2.05, 4.69) is 5.10 Å². The standard InChI is InChI=1S/C21H28N2O2/c1-2-20(24)18(21(25)16-9-4-3-5-10-16)15-17-11-6-7-12-19(17)23-14-8-13-22-23/h6-8,11-14,16,18,21,25H,2-5,9-10,15H2,1H3/t18-,21+/m1/s1. The number of rotatable bonds is 7. The highest BCUT2D eigenvalue weighted by Gasteiger charge is 2.33. The number of hydrogen-bond donors (Lipinski definition) is 1. The molecule has 1 N–H and O–H groups in total. The molecule has 1 aromatic carbocycles. The maximum Gasteiger partial charge on any atom is 0.138 e. The fraction of sp³-hybridized carbons (Fsp3) is 0.524. The van der Waals surface area contributed by atoms with Crippen molar-refractivity contribution in [3.05, 3.63) is 48.3 Å². The summed E-state index contributed by atoms with van der Waals surface area (Å²) in [5.41, 5.74) is 2.05. The van der Waals surface area contributed by atoms with Crippen molar-refractivity contribution in [2.45, 2.75) is 58.0 Å². The predicted octanol–water partition coefficient (Wildman–Crippen LogP) is 3.95. The summed E-state index contributed by atoms with van der Waals surface area (Å²) in [6.07, 6.45) is 9.81. The van der Waals surface area contributed by atoms with E-state index in [0.717, 1.165) is 24.1 Å². The third-order valence-electron chi connectivity index (χ3n) is 5.49. The third kappa shape index (κ3) is 4.18. The number of benzene rings is 1. The number of ketones is 1. The molecule has 4 nitrogen and oxygen atoms in total. The highest BCUT2D eigenvalue weighted by Crippen LogP contribution is 2.32. The smallest absolute Gasteiger partial charge is 0.138 e. The Balaban J connectivity index is 1.85. The second-order valence-electron chi connectivity index (χ2n) is 7.10. The first-order valence-electron chi connectivity index (χ1n) is 9.49. The molecule has 134 valence electrons. The lowest BCUT2D eigenvalue weighted by atomic mass is 9.76. The van der Waals surface area contributed by atoms with Gasteiger partial charge in [-0.15, -0.1) is 0 Å². The van der Waals surface area contributed by atoms with E-state index >= 15 is 0 Å². The molecule has 1 heterocycles. The van der Waals surface area contributed by atoms with Crippen molar-refractivity contribution >= 4 is 5.78 Å². The van der Waals surface area contributed by atoms with Crippen LogP contribution >= 0.6 is 0 Å². The van der Waals surface area contributed by atoms with Gasteiger partial charge < -0.3 is 5.11 Å². The van der Waals surface area contributed by atoms with E-state index in [1.165, 1.54) is 19.3 Å². The quantitative estimate of drug-likeness (QED) is 0.830. The van der Waals surface area contributed by atoms with E-state index in [0.29, 0.717) is 12.8 Å². The fourth-order valence-electron chi connectivity index (χ4n) is 4.05. The number of nitrogens with zero attached hydrogens (tertiary/aromatic N) is 2. The molecule has 0 saturated heterocycles. The summed E-state index contributed by atoms with van der Waals surface area (Å²) in [4.78, 5) is 12.6. The Bertz CT molecular complexity index is 675. The van der Waals surface area contributed by atoms with Crippen LogP contribution in [-0.4, -0.2) is 26.8 Å². The Morgan fingerprint density at radius 3 is 2.68 bits per heavy atom. The molecule has 2 aromatic rings. The second kappa shape index (κ2) is 8.43. The van der Waals surface area contributed by atoms with Gasteiger partial charge in [0, 0.05) is 24.7 Å². The zero-order valence-electron chi connectivity index (χ0n) is 15.0. The molecule has 1 aromatic heterocycles. The van der Waals surface area contributed by atoms with Crippen LogP contribution in [0.3, 0.4) is 0 Å². The molecule has 0 unspecified atom stereocenters. The SMILES string of the molecule is CCC(=O)[C@@H](Cc1ccccc1-n1cccn1)[C@@H](O)C1CCCCC1. The molecule has 0 aliphatic heterocycles.